The fraction of sp³-hybridized carbons (Fsp3) is 0.545. The Morgan fingerprint density at radius 3 is 2.73 bits per heavy atom. The van der Waals surface area contributed by atoms with E-state index in [2.05, 4.69) is 26.2 Å². The number of nitrogens with two attached hydrogens (primary N) is 1. The van der Waals surface area contributed by atoms with Crippen molar-refractivity contribution in [2.45, 2.75) is 56.1 Å². The topological polar surface area (TPSA) is 133 Å². The summed E-state index contributed by atoms with van der Waals surface area (Å²) in [6.07, 6.45) is 7.25. The van der Waals surface area contributed by atoms with E-state index in [0.29, 0.717) is 13.2 Å². The summed E-state index contributed by atoms with van der Waals surface area (Å²) in [6.45, 7) is 2.01. The molecule has 0 spiro atoms. The maximum Gasteiger partial charge on any atom is 0.354 e. The van der Waals surface area contributed by atoms with Crippen LogP contribution in [0.3, 0.4) is 0 Å². The standard InChI is InChI=1S/C22H30N6O4S/c1-24-8-9-31-16-12-28-21(32-13-16)19(11-25-28)33(23,30)27-22(29)26-20-17-6-2-4-14(17)10-15-5-3-7-18(15)20/h10-11,16,24H,2-9,12-13H2,1H3,(H3,23,26,27,29,30)/t16-,33-/m0/s1. The van der Waals surface area contributed by atoms with Gasteiger partial charge in [-0.25, -0.2) is 18.8 Å². The van der Waals surface area contributed by atoms with Gasteiger partial charge in [-0.3, -0.25) is 0 Å². The van der Waals surface area contributed by atoms with Crippen molar-refractivity contribution in [3.05, 3.63) is 34.5 Å². The van der Waals surface area contributed by atoms with Gasteiger partial charge in [-0.2, -0.15) is 5.10 Å². The van der Waals surface area contributed by atoms with Gasteiger partial charge in [0.05, 0.1) is 19.3 Å². The Hall–Kier alpha value is -2.47. The van der Waals surface area contributed by atoms with E-state index in [0.717, 1.165) is 50.8 Å². The number of likely N-dealkylation sites (N-methyl/N-ethyl adjacent to an activating group) is 1. The van der Waals surface area contributed by atoms with Crippen molar-refractivity contribution in [3.8, 4) is 5.88 Å². The second kappa shape index (κ2) is 9.05. The number of carbonyl (C=O) groups excluding carboxylic acids is 1. The third-order valence-corrected chi connectivity index (χ3v) is 7.83. The summed E-state index contributed by atoms with van der Waals surface area (Å²) in [5.41, 5.74) is 5.79. The number of fused-ring (bicyclic) bond motifs is 3. The first-order chi connectivity index (χ1) is 16.0. The average molecular weight is 475 g/mol. The van der Waals surface area contributed by atoms with Gasteiger partial charge in [0, 0.05) is 12.2 Å². The highest BCUT2D eigenvalue weighted by Gasteiger charge is 2.29. The number of rotatable bonds is 6. The summed E-state index contributed by atoms with van der Waals surface area (Å²) in [6, 6.07) is 1.58. The van der Waals surface area contributed by atoms with E-state index in [4.69, 9.17) is 14.6 Å². The zero-order valence-corrected chi connectivity index (χ0v) is 19.6. The van der Waals surface area contributed by atoms with Gasteiger partial charge in [-0.1, -0.05) is 6.07 Å². The van der Waals surface area contributed by atoms with Crippen LogP contribution in [0.25, 0.3) is 0 Å². The molecular weight excluding hydrogens is 444 g/mol. The van der Waals surface area contributed by atoms with Crippen molar-refractivity contribution in [3.63, 3.8) is 0 Å². The predicted octanol–water partition coefficient (Wildman–Crippen LogP) is 1.79. The minimum Gasteiger partial charge on any atom is -0.474 e. The quantitative estimate of drug-likeness (QED) is 0.547. The van der Waals surface area contributed by atoms with Crippen molar-refractivity contribution >= 4 is 21.6 Å². The van der Waals surface area contributed by atoms with Crippen molar-refractivity contribution in [2.75, 3.05) is 32.1 Å². The summed E-state index contributed by atoms with van der Waals surface area (Å²) in [5, 5.41) is 16.2. The molecule has 3 aliphatic rings. The molecule has 0 saturated carbocycles. The van der Waals surface area contributed by atoms with E-state index in [1.807, 2.05) is 7.05 Å². The molecule has 0 radical (unpaired) electrons. The molecule has 1 aliphatic heterocycles. The van der Waals surface area contributed by atoms with Crippen LogP contribution < -0.4 is 20.5 Å². The molecule has 2 aromatic rings. The monoisotopic (exact) mass is 474 g/mol. The Morgan fingerprint density at radius 2 is 2.03 bits per heavy atom. The van der Waals surface area contributed by atoms with Crippen molar-refractivity contribution < 1.29 is 18.5 Å². The van der Waals surface area contributed by atoms with Crippen LogP contribution >= 0.6 is 0 Å². The number of nitrogens with one attached hydrogen (secondary N) is 2. The van der Waals surface area contributed by atoms with Gasteiger partial charge < -0.3 is 20.1 Å². The average Bonchev–Trinajstić information content (AvgIpc) is 3.52. The van der Waals surface area contributed by atoms with Crippen LogP contribution in [0, 0.1) is 0 Å². The Kier molecular flexibility index (Phi) is 6.12. The fourth-order valence-corrected chi connectivity index (χ4v) is 5.95. The zero-order valence-electron chi connectivity index (χ0n) is 18.8. The number of anilines is 1. The van der Waals surface area contributed by atoms with Gasteiger partial charge in [-0.05, 0) is 67.8 Å². The zero-order chi connectivity index (χ0) is 23.0. The number of amides is 2. The lowest BCUT2D eigenvalue weighted by atomic mass is 9.99. The molecular formula is C22H30N6O4S. The molecule has 0 unspecified atom stereocenters. The highest BCUT2D eigenvalue weighted by atomic mass is 32.2. The first-order valence-corrected chi connectivity index (χ1v) is 13.0. The van der Waals surface area contributed by atoms with Gasteiger partial charge in [-0.15, -0.1) is 4.36 Å². The first-order valence-electron chi connectivity index (χ1n) is 11.4. The van der Waals surface area contributed by atoms with Crippen molar-refractivity contribution in [1.29, 1.82) is 0 Å². The molecule has 11 heteroatoms. The Bertz CT molecular complexity index is 1170. The van der Waals surface area contributed by atoms with Crippen LogP contribution in [0.1, 0.15) is 35.1 Å². The number of aryl methyl sites for hydroxylation is 2. The van der Waals surface area contributed by atoms with Crippen molar-refractivity contribution in [2.24, 2.45) is 9.50 Å². The second-order valence-electron chi connectivity index (χ2n) is 8.73. The Morgan fingerprint density at radius 1 is 1.30 bits per heavy atom. The molecule has 2 aliphatic carbocycles. The first kappa shape index (κ1) is 22.3. The molecule has 1 aromatic carbocycles. The van der Waals surface area contributed by atoms with Gasteiger partial charge in [0.15, 0.2) is 9.92 Å². The number of hydrogen-bond acceptors (Lipinski definition) is 6. The van der Waals surface area contributed by atoms with Gasteiger partial charge in [0.2, 0.25) is 5.88 Å². The van der Waals surface area contributed by atoms with Gasteiger partial charge >= 0.3 is 6.03 Å². The number of ether oxygens (including phenoxy) is 2. The third-order valence-electron chi connectivity index (χ3n) is 6.49. The number of hydrogen-bond donors (Lipinski definition) is 3. The number of aromatic nitrogens is 2. The van der Waals surface area contributed by atoms with Gasteiger partial charge in [0.1, 0.15) is 17.6 Å². The van der Waals surface area contributed by atoms with Crippen molar-refractivity contribution in [1.82, 2.24) is 15.1 Å². The number of urea groups is 1. The summed E-state index contributed by atoms with van der Waals surface area (Å²) < 4.78 is 30.2. The smallest absolute Gasteiger partial charge is 0.354 e. The van der Waals surface area contributed by atoms with E-state index in [1.54, 1.807) is 4.68 Å². The van der Waals surface area contributed by atoms with E-state index in [1.165, 1.54) is 28.5 Å². The minimum atomic E-state index is -3.54. The van der Waals surface area contributed by atoms with Crippen LogP contribution in [0.4, 0.5) is 10.5 Å². The highest BCUT2D eigenvalue weighted by Crippen LogP contribution is 2.38. The maximum atomic E-state index is 13.3. The number of carbonyl (C=O) groups is 1. The summed E-state index contributed by atoms with van der Waals surface area (Å²) >= 11 is 0. The Labute approximate surface area is 193 Å². The summed E-state index contributed by atoms with van der Waals surface area (Å²) in [7, 11) is -1.68. The molecule has 0 bridgehead atoms. The molecule has 178 valence electrons. The molecule has 0 saturated heterocycles. The van der Waals surface area contributed by atoms with E-state index >= 15 is 0 Å². The minimum absolute atomic E-state index is 0.120. The lowest BCUT2D eigenvalue weighted by Crippen LogP contribution is -2.34. The van der Waals surface area contributed by atoms with E-state index in [9.17, 15) is 9.00 Å². The lowest BCUT2D eigenvalue weighted by Gasteiger charge is -2.24. The molecule has 2 atom stereocenters. The van der Waals surface area contributed by atoms with Gasteiger partial charge in [0.25, 0.3) is 0 Å². The van der Waals surface area contributed by atoms with E-state index < -0.39 is 15.9 Å². The Balaban J connectivity index is 1.36. The SMILES string of the molecule is CNCCO[C@@H]1COc2c([S@@](N)(=O)=NC(=O)Nc3c4c(cc5c3CCC5)CCC4)cnn2C1. The molecule has 5 rings (SSSR count). The van der Waals surface area contributed by atoms with Crippen LogP contribution in [0.2, 0.25) is 0 Å². The largest absolute Gasteiger partial charge is 0.474 e. The molecule has 10 nitrogen and oxygen atoms in total. The maximum absolute atomic E-state index is 13.3. The molecule has 2 heterocycles. The molecule has 33 heavy (non-hydrogen) atoms. The predicted molar refractivity (Wildman–Crippen MR) is 124 cm³/mol. The van der Waals surface area contributed by atoms with Crippen LogP contribution in [-0.2, 0) is 46.9 Å². The van der Waals surface area contributed by atoms with E-state index in [-0.39, 0.29) is 23.5 Å². The second-order valence-corrected chi connectivity index (χ2v) is 10.5. The highest BCUT2D eigenvalue weighted by molar-refractivity contribution is 7.91. The number of nitrogens with zero attached hydrogens (tertiary/aromatic N) is 3. The summed E-state index contributed by atoms with van der Waals surface area (Å²) in [4.78, 5) is 13.0. The number of benzene rings is 1. The lowest BCUT2D eigenvalue weighted by molar-refractivity contribution is -0.0115. The third kappa shape index (κ3) is 4.37. The van der Waals surface area contributed by atoms with Crippen LogP contribution in [-0.4, -0.2) is 52.9 Å². The van der Waals surface area contributed by atoms with Crippen LogP contribution in [0.15, 0.2) is 21.5 Å². The molecule has 1 aromatic heterocycles. The fourth-order valence-electron chi connectivity index (χ4n) is 4.95. The molecule has 4 N–H and O–H groups in total. The normalized spacial score (nSPS) is 20.4. The summed E-state index contributed by atoms with van der Waals surface area (Å²) in [5.74, 6) is 0.272. The molecule has 2 amide bonds. The molecule has 0 fully saturated rings. The van der Waals surface area contributed by atoms with Crippen LogP contribution in [0.5, 0.6) is 5.88 Å².